The normalized spacial score (nSPS) is 10.7. The third-order valence-electron chi connectivity index (χ3n) is 15.2. The molecule has 0 spiro atoms. The number of carbonyl (C=O) groups excluding carboxylic acids is 7. The Hall–Kier alpha value is -12.3. The lowest BCUT2D eigenvalue weighted by atomic mass is 10.2. The molecule has 114 heavy (non-hydrogen) atoms. The number of hydrogen-bond acceptors (Lipinski definition) is 30. The molecule has 0 heterocycles. The lowest BCUT2D eigenvalue weighted by molar-refractivity contribution is 0.0598. The topological polar surface area (TPSA) is 538 Å². The average molecular weight is 1590 g/mol. The summed E-state index contributed by atoms with van der Waals surface area (Å²) in [5.74, 6) is 0.378. The van der Waals surface area contributed by atoms with Gasteiger partial charge in [0.05, 0.1) is 51.9 Å². The van der Waals surface area contributed by atoms with E-state index in [9.17, 15) is 33.6 Å². The maximum Gasteiger partial charge on any atom is 0.338 e. The third kappa shape index (κ3) is 31.5. The highest BCUT2D eigenvalue weighted by Gasteiger charge is 2.20. The Labute approximate surface area is 659 Å². The molecule has 0 aliphatic rings. The fourth-order valence-corrected chi connectivity index (χ4v) is 10.2. The second-order valence-electron chi connectivity index (χ2n) is 24.1. The van der Waals surface area contributed by atoms with Crippen molar-refractivity contribution in [3.05, 3.63) is 166 Å². The Bertz CT molecular complexity index is 3680. The summed E-state index contributed by atoms with van der Waals surface area (Å²) in [4.78, 5) is 94.5. The minimum atomic E-state index is -0.714. The van der Waals surface area contributed by atoms with Crippen molar-refractivity contribution in [2.45, 2.75) is 0 Å². The molecular formula is C78H102N14O22. The van der Waals surface area contributed by atoms with Gasteiger partial charge < -0.3 is 149 Å². The van der Waals surface area contributed by atoms with Crippen LogP contribution in [0.3, 0.4) is 0 Å². The van der Waals surface area contributed by atoms with Gasteiger partial charge in [-0.05, 0) is 84.9 Å². The van der Waals surface area contributed by atoms with E-state index in [1.165, 1.54) is 61.7 Å². The second-order valence-corrected chi connectivity index (χ2v) is 24.1. The van der Waals surface area contributed by atoms with Crippen LogP contribution in [-0.4, -0.2) is 233 Å². The van der Waals surface area contributed by atoms with E-state index >= 15 is 0 Å². The van der Waals surface area contributed by atoms with Gasteiger partial charge >= 0.3 is 5.97 Å². The number of ether oxygens (including phenoxy) is 15. The largest absolute Gasteiger partial charge is 0.492 e. The van der Waals surface area contributed by atoms with Gasteiger partial charge in [-0.15, -0.1) is 0 Å². The van der Waals surface area contributed by atoms with Crippen LogP contribution in [0.25, 0.3) is 0 Å². The summed E-state index contributed by atoms with van der Waals surface area (Å²) in [7, 11) is 1.20. The highest BCUT2D eigenvalue weighted by atomic mass is 16.5. The number of nitrogens with two attached hydrogens (primary N) is 8. The molecule has 0 unspecified atom stereocenters. The number of methoxy groups -OCH3 is 1. The van der Waals surface area contributed by atoms with Gasteiger partial charge in [-0.1, -0.05) is 0 Å². The van der Waals surface area contributed by atoms with Crippen molar-refractivity contribution < 1.29 is 105 Å². The fraction of sp³-hybridized carbons (Fsp3) is 0.372. The van der Waals surface area contributed by atoms with Crippen LogP contribution in [0.1, 0.15) is 72.5 Å². The van der Waals surface area contributed by atoms with Crippen LogP contribution in [-0.2, 0) is 4.74 Å². The van der Waals surface area contributed by atoms with E-state index in [1.54, 1.807) is 72.8 Å². The first-order valence-electron chi connectivity index (χ1n) is 36.7. The summed E-state index contributed by atoms with van der Waals surface area (Å²) in [6.07, 6.45) is 0. The van der Waals surface area contributed by atoms with Gasteiger partial charge in [-0.25, -0.2) is 4.79 Å². The number of carbonyl (C=O) groups is 7. The van der Waals surface area contributed by atoms with E-state index in [-0.39, 0.29) is 258 Å². The van der Waals surface area contributed by atoms with Crippen molar-refractivity contribution in [2.75, 3.05) is 191 Å². The molecule has 0 saturated carbocycles. The Kier molecular flexibility index (Phi) is 38.9. The number of benzene rings is 7. The predicted octanol–water partition coefficient (Wildman–Crippen LogP) is 1.03. The highest BCUT2D eigenvalue weighted by Crippen LogP contribution is 2.30. The maximum atomic E-state index is 14.0. The summed E-state index contributed by atoms with van der Waals surface area (Å²) < 4.78 is 86.7. The Morgan fingerprint density at radius 2 is 0.325 bits per heavy atom. The van der Waals surface area contributed by atoms with E-state index in [1.807, 2.05) is 0 Å². The Balaban J connectivity index is 0.986. The van der Waals surface area contributed by atoms with Gasteiger partial charge in [-0.2, -0.15) is 0 Å². The van der Waals surface area contributed by atoms with Crippen molar-refractivity contribution in [3.63, 3.8) is 0 Å². The molecule has 0 radical (unpaired) electrons. The molecule has 616 valence electrons. The zero-order valence-corrected chi connectivity index (χ0v) is 63.5. The first-order valence-corrected chi connectivity index (χ1v) is 36.7. The fourth-order valence-electron chi connectivity index (χ4n) is 10.2. The van der Waals surface area contributed by atoms with Crippen LogP contribution in [0.5, 0.6) is 80.5 Å². The van der Waals surface area contributed by atoms with Crippen LogP contribution in [0.2, 0.25) is 0 Å². The van der Waals surface area contributed by atoms with Crippen LogP contribution < -0.4 is 144 Å². The molecular weight excluding hydrogens is 1480 g/mol. The van der Waals surface area contributed by atoms with E-state index in [0.29, 0.717) is 46.0 Å². The number of hydrogen-bond donors (Lipinski definition) is 14. The monoisotopic (exact) mass is 1590 g/mol. The van der Waals surface area contributed by atoms with Gasteiger partial charge in [0, 0.05) is 128 Å². The first-order chi connectivity index (χ1) is 55.5. The van der Waals surface area contributed by atoms with Gasteiger partial charge in [0.1, 0.15) is 173 Å². The predicted molar refractivity (Wildman–Crippen MR) is 420 cm³/mol. The smallest absolute Gasteiger partial charge is 0.338 e. The van der Waals surface area contributed by atoms with Crippen LogP contribution in [0, 0.1) is 0 Å². The van der Waals surface area contributed by atoms with Crippen molar-refractivity contribution in [1.29, 1.82) is 0 Å². The van der Waals surface area contributed by atoms with Gasteiger partial charge in [-0.3, -0.25) is 28.8 Å². The minimum Gasteiger partial charge on any atom is -0.492 e. The molecule has 7 aromatic rings. The van der Waals surface area contributed by atoms with Crippen molar-refractivity contribution in [2.24, 2.45) is 45.9 Å². The number of nitrogens with one attached hydrogen (secondary N) is 6. The summed E-state index contributed by atoms with van der Waals surface area (Å²) in [6.45, 7) is 3.08. The van der Waals surface area contributed by atoms with Crippen LogP contribution in [0.4, 0.5) is 0 Å². The van der Waals surface area contributed by atoms with E-state index in [2.05, 4.69) is 31.9 Å². The molecule has 6 amide bonds. The molecule has 0 bridgehead atoms. The summed E-state index contributed by atoms with van der Waals surface area (Å²) >= 11 is 0. The number of rotatable bonds is 55. The second kappa shape index (κ2) is 49.9. The van der Waals surface area contributed by atoms with E-state index in [4.69, 9.17) is 117 Å². The van der Waals surface area contributed by atoms with E-state index in [0.717, 1.165) is 0 Å². The lowest BCUT2D eigenvalue weighted by Gasteiger charge is -2.15. The highest BCUT2D eigenvalue weighted by molar-refractivity contribution is 5.98. The zero-order chi connectivity index (χ0) is 81.7. The maximum absolute atomic E-state index is 14.0. The molecule has 0 aliphatic carbocycles. The molecule has 0 saturated heterocycles. The molecule has 0 aromatic heterocycles. The molecule has 7 rings (SSSR count). The van der Waals surface area contributed by atoms with Crippen molar-refractivity contribution in [1.82, 2.24) is 31.9 Å². The molecule has 0 fully saturated rings. The quantitative estimate of drug-likeness (QED) is 0.0187. The zero-order valence-electron chi connectivity index (χ0n) is 63.5. The standard InChI is InChI=1S/C78H102N14O22/c1-100-78(99)57-42-70(113-28-14-91-76(97)55-38-66(109-24-10-87-72(93)51-30-58(101-16-2-79)44-59(31-51)102-17-3-80)48-67(39-55)110-25-11-88-73(94)52-32-60(103-18-4-81)45-61(33-52)104-19-5-82)50-71(43-57)114-29-15-92-77(98)56-40-68(111-26-12-89-74(95)53-34-62(105-20-6-83)46-63(35-53)106-21-7-84)49-69(41-56)112-27-13-90-75(96)54-36-64(107-22-8-85)47-65(37-54)108-23-9-86/h30-50H,2-29,79-86H2,1H3,(H,87,93)(H,88,94)(H,89,95)(H,90,96)(H,91,97)(H,92,98). The molecule has 7 aromatic carbocycles. The molecule has 0 aliphatic heterocycles. The summed E-state index contributed by atoms with van der Waals surface area (Å²) in [5.41, 5.74) is 46.3. The minimum absolute atomic E-state index is 0.0182. The van der Waals surface area contributed by atoms with Crippen LogP contribution in [0.15, 0.2) is 127 Å². The third-order valence-corrected chi connectivity index (χ3v) is 15.2. The molecule has 36 nitrogen and oxygen atoms in total. The summed E-state index contributed by atoms with van der Waals surface area (Å²) in [5, 5.41) is 16.8. The van der Waals surface area contributed by atoms with Crippen molar-refractivity contribution >= 4 is 41.4 Å². The lowest BCUT2D eigenvalue weighted by Crippen LogP contribution is -2.29. The van der Waals surface area contributed by atoms with Gasteiger partial charge in [0.15, 0.2) is 0 Å². The first kappa shape index (κ1) is 88.9. The summed E-state index contributed by atoms with van der Waals surface area (Å²) in [6, 6.07) is 32.2. The molecule has 22 N–H and O–H groups in total. The van der Waals surface area contributed by atoms with Crippen LogP contribution >= 0.6 is 0 Å². The SMILES string of the molecule is COC(=O)c1cc(OCCNC(=O)c2cc(OCCNC(=O)c3cc(OCCN)cc(OCCN)c3)cc(OCCNC(=O)c3cc(OCCN)cc(OCCN)c3)c2)cc(OCCNC(=O)c2cc(OCCNC(=O)c3cc(OCCN)cc(OCCN)c3)cc(OCCNC(=O)c3cc(OCCN)cc(OCCN)c3)c2)c1. The average Bonchev–Trinajstić information content (AvgIpc) is 0.900. The van der Waals surface area contributed by atoms with E-state index < -0.39 is 41.4 Å². The Morgan fingerprint density at radius 1 is 0.202 bits per heavy atom. The van der Waals surface area contributed by atoms with Gasteiger partial charge in [0.2, 0.25) is 0 Å². The number of amides is 6. The van der Waals surface area contributed by atoms with Crippen molar-refractivity contribution in [3.8, 4) is 80.5 Å². The Morgan fingerprint density at radius 3 is 0.447 bits per heavy atom. The molecule has 0 atom stereocenters. The van der Waals surface area contributed by atoms with Gasteiger partial charge in [0.25, 0.3) is 35.4 Å². The molecule has 36 heteroatoms. The number of esters is 1.